The Bertz CT molecular complexity index is 476. The standard InChI is InChI=1S/C11H17N3O4/c1-17-7-11(6-15)4-2-9(18-11)14-5-3-8(12)13-10(14)16/h3,5,9,15H,2,4,6-7H2,1H3,(H2,12,13,16)/t9?,11-/m0/s1. The molecule has 0 aliphatic carbocycles. The van der Waals surface area contributed by atoms with Gasteiger partial charge in [0.05, 0.1) is 13.2 Å². The van der Waals surface area contributed by atoms with Crippen LogP contribution in [0.5, 0.6) is 0 Å². The lowest BCUT2D eigenvalue weighted by molar-refractivity contribution is -0.128. The number of methoxy groups -OCH3 is 1. The topological polar surface area (TPSA) is 99.6 Å². The molecule has 7 heteroatoms. The molecule has 1 aromatic heterocycles. The van der Waals surface area contributed by atoms with E-state index in [4.69, 9.17) is 15.2 Å². The van der Waals surface area contributed by atoms with Gasteiger partial charge < -0.3 is 20.3 Å². The number of hydrogen-bond donors (Lipinski definition) is 2. The lowest BCUT2D eigenvalue weighted by atomic mass is 10.0. The molecular weight excluding hydrogens is 238 g/mol. The fourth-order valence-electron chi connectivity index (χ4n) is 2.17. The number of rotatable bonds is 4. The van der Waals surface area contributed by atoms with Crippen molar-refractivity contribution in [3.8, 4) is 0 Å². The molecule has 0 radical (unpaired) electrons. The van der Waals surface area contributed by atoms with E-state index in [0.29, 0.717) is 12.8 Å². The van der Waals surface area contributed by atoms with Gasteiger partial charge in [0.1, 0.15) is 17.6 Å². The van der Waals surface area contributed by atoms with Crippen molar-refractivity contribution in [2.75, 3.05) is 26.1 Å². The van der Waals surface area contributed by atoms with Crippen molar-refractivity contribution >= 4 is 5.82 Å². The van der Waals surface area contributed by atoms with E-state index in [-0.39, 0.29) is 19.0 Å². The van der Waals surface area contributed by atoms with E-state index in [1.54, 1.807) is 19.4 Å². The third-order valence-electron chi connectivity index (χ3n) is 3.09. The molecule has 2 rings (SSSR count). The van der Waals surface area contributed by atoms with Gasteiger partial charge in [-0.05, 0) is 18.9 Å². The highest BCUT2D eigenvalue weighted by Gasteiger charge is 2.41. The van der Waals surface area contributed by atoms with Crippen LogP contribution in [0.2, 0.25) is 0 Å². The first kappa shape index (κ1) is 13.0. The largest absolute Gasteiger partial charge is 0.393 e. The van der Waals surface area contributed by atoms with Crippen LogP contribution in [0.1, 0.15) is 19.1 Å². The van der Waals surface area contributed by atoms with Gasteiger partial charge in [-0.2, -0.15) is 4.98 Å². The number of aliphatic hydroxyl groups is 1. The van der Waals surface area contributed by atoms with Crippen LogP contribution in [0, 0.1) is 0 Å². The summed E-state index contributed by atoms with van der Waals surface area (Å²) < 4.78 is 12.2. The maximum absolute atomic E-state index is 11.7. The molecule has 2 atom stereocenters. The Balaban J connectivity index is 2.19. The zero-order valence-electron chi connectivity index (χ0n) is 10.2. The minimum Gasteiger partial charge on any atom is -0.393 e. The number of aromatic nitrogens is 2. The van der Waals surface area contributed by atoms with Crippen molar-refractivity contribution in [1.29, 1.82) is 0 Å². The van der Waals surface area contributed by atoms with Crippen molar-refractivity contribution in [3.05, 3.63) is 22.7 Å². The molecule has 1 aliphatic heterocycles. The van der Waals surface area contributed by atoms with Gasteiger partial charge >= 0.3 is 5.69 Å². The van der Waals surface area contributed by atoms with Gasteiger partial charge in [-0.15, -0.1) is 0 Å². The van der Waals surface area contributed by atoms with Crippen LogP contribution >= 0.6 is 0 Å². The summed E-state index contributed by atoms with van der Waals surface area (Å²) in [6, 6.07) is 1.54. The highest BCUT2D eigenvalue weighted by atomic mass is 16.6. The van der Waals surface area contributed by atoms with E-state index in [9.17, 15) is 9.90 Å². The highest BCUT2D eigenvalue weighted by molar-refractivity contribution is 5.23. The predicted octanol–water partition coefficient (Wildman–Crippen LogP) is -0.488. The number of nitrogens with two attached hydrogens (primary N) is 1. The molecule has 0 amide bonds. The fourth-order valence-corrected chi connectivity index (χ4v) is 2.17. The van der Waals surface area contributed by atoms with Gasteiger partial charge in [-0.25, -0.2) is 4.79 Å². The molecule has 100 valence electrons. The van der Waals surface area contributed by atoms with E-state index >= 15 is 0 Å². The SMILES string of the molecule is COC[C@@]1(CO)CCC(n2ccc(N)nc2=O)O1. The normalized spacial score (nSPS) is 27.6. The Labute approximate surface area is 104 Å². The second-order valence-corrected chi connectivity index (χ2v) is 4.43. The lowest BCUT2D eigenvalue weighted by Gasteiger charge is -2.26. The molecule has 3 N–H and O–H groups in total. The van der Waals surface area contributed by atoms with Crippen LogP contribution in [0.25, 0.3) is 0 Å². The second kappa shape index (κ2) is 5.05. The molecule has 0 aromatic carbocycles. The van der Waals surface area contributed by atoms with Crippen LogP contribution in [-0.2, 0) is 9.47 Å². The van der Waals surface area contributed by atoms with E-state index in [1.165, 1.54) is 4.57 Å². The first-order valence-electron chi connectivity index (χ1n) is 5.72. The monoisotopic (exact) mass is 255 g/mol. The Morgan fingerprint density at radius 1 is 1.78 bits per heavy atom. The van der Waals surface area contributed by atoms with Crippen LogP contribution in [0.3, 0.4) is 0 Å². The number of ether oxygens (including phenoxy) is 2. The Kier molecular flexibility index (Phi) is 3.65. The van der Waals surface area contributed by atoms with Crippen molar-refractivity contribution in [2.24, 2.45) is 0 Å². The molecule has 18 heavy (non-hydrogen) atoms. The van der Waals surface area contributed by atoms with E-state index < -0.39 is 17.5 Å². The number of hydrogen-bond acceptors (Lipinski definition) is 6. The molecule has 2 heterocycles. The molecule has 1 fully saturated rings. The van der Waals surface area contributed by atoms with Gasteiger partial charge in [0.25, 0.3) is 0 Å². The summed E-state index contributed by atoms with van der Waals surface area (Å²) in [7, 11) is 1.55. The third kappa shape index (κ3) is 2.38. The summed E-state index contributed by atoms with van der Waals surface area (Å²) in [4.78, 5) is 15.3. The quantitative estimate of drug-likeness (QED) is 0.753. The average molecular weight is 255 g/mol. The van der Waals surface area contributed by atoms with Crippen molar-refractivity contribution < 1.29 is 14.6 Å². The zero-order valence-corrected chi connectivity index (χ0v) is 10.2. The fraction of sp³-hybridized carbons (Fsp3) is 0.636. The summed E-state index contributed by atoms with van der Waals surface area (Å²) in [5.74, 6) is 0.180. The van der Waals surface area contributed by atoms with Gasteiger partial charge in [0.15, 0.2) is 0 Å². The summed E-state index contributed by atoms with van der Waals surface area (Å²) in [5, 5.41) is 9.40. The van der Waals surface area contributed by atoms with Gasteiger partial charge in [-0.1, -0.05) is 0 Å². The lowest BCUT2D eigenvalue weighted by Crippen LogP contribution is -2.39. The smallest absolute Gasteiger partial charge is 0.351 e. The van der Waals surface area contributed by atoms with Crippen LogP contribution in [0.4, 0.5) is 5.82 Å². The molecule has 0 spiro atoms. The molecular formula is C11H17N3O4. The Morgan fingerprint density at radius 2 is 2.56 bits per heavy atom. The summed E-state index contributed by atoms with van der Waals surface area (Å²) >= 11 is 0. The number of aliphatic hydroxyl groups excluding tert-OH is 1. The van der Waals surface area contributed by atoms with Crippen molar-refractivity contribution in [1.82, 2.24) is 9.55 Å². The predicted molar refractivity (Wildman–Crippen MR) is 64.0 cm³/mol. The maximum atomic E-state index is 11.7. The molecule has 0 saturated carbocycles. The maximum Gasteiger partial charge on any atom is 0.351 e. The van der Waals surface area contributed by atoms with E-state index in [2.05, 4.69) is 4.98 Å². The molecule has 7 nitrogen and oxygen atoms in total. The third-order valence-corrected chi connectivity index (χ3v) is 3.09. The minimum atomic E-state index is -0.736. The first-order chi connectivity index (χ1) is 8.60. The van der Waals surface area contributed by atoms with Crippen molar-refractivity contribution in [2.45, 2.75) is 24.7 Å². The summed E-state index contributed by atoms with van der Waals surface area (Å²) in [6.07, 6.45) is 2.36. The first-order valence-corrected chi connectivity index (χ1v) is 5.72. The zero-order chi connectivity index (χ0) is 13.2. The van der Waals surface area contributed by atoms with Gasteiger partial charge in [0, 0.05) is 13.3 Å². The van der Waals surface area contributed by atoms with Gasteiger partial charge in [0.2, 0.25) is 0 Å². The highest BCUT2D eigenvalue weighted by Crippen LogP contribution is 2.35. The van der Waals surface area contributed by atoms with Crippen molar-refractivity contribution in [3.63, 3.8) is 0 Å². The minimum absolute atomic E-state index is 0.144. The molecule has 1 aromatic rings. The van der Waals surface area contributed by atoms with E-state index in [0.717, 1.165) is 0 Å². The van der Waals surface area contributed by atoms with Crippen LogP contribution in [0.15, 0.2) is 17.1 Å². The van der Waals surface area contributed by atoms with E-state index in [1.807, 2.05) is 0 Å². The summed E-state index contributed by atoms with van der Waals surface area (Å²) in [5.41, 5.74) is 4.24. The number of nitrogen functional groups attached to an aromatic ring is 1. The molecule has 1 saturated heterocycles. The Morgan fingerprint density at radius 3 is 3.17 bits per heavy atom. The van der Waals surface area contributed by atoms with Crippen LogP contribution in [-0.4, -0.2) is 40.6 Å². The van der Waals surface area contributed by atoms with Gasteiger partial charge in [-0.3, -0.25) is 4.57 Å². The molecule has 0 bridgehead atoms. The number of anilines is 1. The number of nitrogens with zero attached hydrogens (tertiary/aromatic N) is 2. The Hall–Kier alpha value is -1.44. The average Bonchev–Trinajstić information content (AvgIpc) is 2.74. The second-order valence-electron chi connectivity index (χ2n) is 4.43. The summed E-state index contributed by atoms with van der Waals surface area (Å²) in [6.45, 7) is 0.144. The molecule has 1 aliphatic rings. The molecule has 1 unspecified atom stereocenters. The van der Waals surface area contributed by atoms with Crippen LogP contribution < -0.4 is 11.4 Å².